The van der Waals surface area contributed by atoms with Crippen molar-refractivity contribution >= 4 is 10.2 Å². The van der Waals surface area contributed by atoms with Crippen molar-refractivity contribution in [3.63, 3.8) is 0 Å². The fourth-order valence-electron chi connectivity index (χ4n) is 2.26. The molecule has 1 aliphatic rings. The quantitative estimate of drug-likeness (QED) is 0.747. The third kappa shape index (κ3) is 1.97. The Morgan fingerprint density at radius 3 is 2.69 bits per heavy atom. The van der Waals surface area contributed by atoms with Crippen LogP contribution >= 0.6 is 0 Å². The van der Waals surface area contributed by atoms with Gasteiger partial charge < -0.3 is 4.74 Å². The highest BCUT2D eigenvalue weighted by Crippen LogP contribution is 2.36. The molecule has 0 saturated carbocycles. The third-order valence-electron chi connectivity index (χ3n) is 3.01. The first-order valence-electron chi connectivity index (χ1n) is 5.08. The molecule has 0 fully saturated rings. The molecule has 0 aliphatic heterocycles. The Morgan fingerprint density at radius 1 is 1.38 bits per heavy atom. The van der Waals surface area contributed by atoms with Crippen LogP contribution in [0.25, 0.3) is 0 Å². The average molecular weight is 244 g/mol. The molecule has 1 aliphatic carbocycles. The maximum Gasteiger partial charge on any atom is 0.308 e. The van der Waals surface area contributed by atoms with E-state index in [0.717, 1.165) is 11.1 Å². The molecule has 1 aromatic carbocycles. The minimum Gasteiger partial charge on any atom is -0.375 e. The largest absolute Gasteiger partial charge is 0.375 e. The van der Waals surface area contributed by atoms with Gasteiger partial charge in [0.2, 0.25) is 0 Å². The van der Waals surface area contributed by atoms with Gasteiger partial charge in [0.1, 0.15) is 11.4 Å². The number of fused-ring (bicyclic) bond motifs is 1. The van der Waals surface area contributed by atoms with E-state index in [1.807, 2.05) is 12.1 Å². The van der Waals surface area contributed by atoms with E-state index in [2.05, 4.69) is 0 Å². The highest BCUT2D eigenvalue weighted by molar-refractivity contribution is 7.87. The Kier molecular flexibility index (Phi) is 2.99. The van der Waals surface area contributed by atoms with Gasteiger partial charge in [-0.05, 0) is 24.0 Å². The lowest BCUT2D eigenvalue weighted by Gasteiger charge is -2.29. The smallest absolute Gasteiger partial charge is 0.308 e. The van der Waals surface area contributed by atoms with Gasteiger partial charge in [-0.15, -0.1) is 3.89 Å². The van der Waals surface area contributed by atoms with Crippen LogP contribution in [0.15, 0.2) is 24.3 Å². The van der Waals surface area contributed by atoms with Gasteiger partial charge in [-0.25, -0.2) is 0 Å². The van der Waals surface area contributed by atoms with Crippen LogP contribution in [0, 0.1) is 0 Å². The minimum atomic E-state index is -4.55. The SMILES string of the molecule is CO[C@H]1c2ccccc2CC[C@@H]1S(=O)(=O)F. The molecule has 3 nitrogen and oxygen atoms in total. The summed E-state index contributed by atoms with van der Waals surface area (Å²) in [5.74, 6) is 0. The summed E-state index contributed by atoms with van der Waals surface area (Å²) in [6, 6.07) is 7.40. The Bertz CT molecular complexity index is 484. The number of methoxy groups -OCH3 is 1. The second kappa shape index (κ2) is 4.14. The normalized spacial score (nSPS) is 25.1. The molecular formula is C11H13FO3S. The summed E-state index contributed by atoms with van der Waals surface area (Å²) < 4.78 is 40.3. The van der Waals surface area contributed by atoms with E-state index >= 15 is 0 Å². The molecule has 0 unspecified atom stereocenters. The minimum absolute atomic E-state index is 0.272. The lowest BCUT2D eigenvalue weighted by atomic mass is 9.89. The number of halogens is 1. The van der Waals surface area contributed by atoms with Crippen molar-refractivity contribution < 1.29 is 17.0 Å². The molecule has 0 saturated heterocycles. The zero-order valence-electron chi connectivity index (χ0n) is 8.89. The van der Waals surface area contributed by atoms with E-state index in [9.17, 15) is 12.3 Å². The van der Waals surface area contributed by atoms with Gasteiger partial charge in [0, 0.05) is 7.11 Å². The summed E-state index contributed by atoms with van der Waals surface area (Å²) in [6.45, 7) is 0. The summed E-state index contributed by atoms with van der Waals surface area (Å²) in [6.07, 6.45) is 0.151. The standard InChI is InChI=1S/C11H13FO3S/c1-15-11-9-5-3-2-4-8(9)6-7-10(11)16(12,13)14/h2-5,10-11H,6-7H2,1H3/t10-,11-/m0/s1. The molecule has 0 spiro atoms. The number of hydrogen-bond donors (Lipinski definition) is 0. The van der Waals surface area contributed by atoms with Crippen LogP contribution in [0.5, 0.6) is 0 Å². The molecule has 0 radical (unpaired) electrons. The first-order chi connectivity index (χ1) is 7.54. The number of ether oxygens (including phenoxy) is 1. The van der Waals surface area contributed by atoms with Crippen molar-refractivity contribution in [1.29, 1.82) is 0 Å². The highest BCUT2D eigenvalue weighted by atomic mass is 32.3. The molecule has 88 valence electrons. The van der Waals surface area contributed by atoms with Crippen LogP contribution in [-0.2, 0) is 21.4 Å². The monoisotopic (exact) mass is 244 g/mol. The van der Waals surface area contributed by atoms with E-state index in [4.69, 9.17) is 4.74 Å². The summed E-state index contributed by atoms with van der Waals surface area (Å²) in [5.41, 5.74) is 1.82. The van der Waals surface area contributed by atoms with Crippen molar-refractivity contribution in [2.45, 2.75) is 24.2 Å². The summed E-state index contributed by atoms with van der Waals surface area (Å²) in [4.78, 5) is 0. The fraction of sp³-hybridized carbons (Fsp3) is 0.455. The van der Waals surface area contributed by atoms with Gasteiger partial charge in [-0.2, -0.15) is 8.42 Å². The predicted molar refractivity (Wildman–Crippen MR) is 58.3 cm³/mol. The van der Waals surface area contributed by atoms with Crippen molar-refractivity contribution in [3.8, 4) is 0 Å². The second-order valence-corrected chi connectivity index (χ2v) is 5.46. The number of hydrogen-bond acceptors (Lipinski definition) is 3. The van der Waals surface area contributed by atoms with Crippen LogP contribution in [0.4, 0.5) is 3.89 Å². The Labute approximate surface area is 94.5 Å². The number of rotatable bonds is 2. The molecule has 0 amide bonds. The maximum atomic E-state index is 13.1. The number of benzene rings is 1. The Balaban J connectivity index is 2.45. The highest BCUT2D eigenvalue weighted by Gasteiger charge is 2.38. The van der Waals surface area contributed by atoms with Crippen molar-refractivity contribution in [1.82, 2.24) is 0 Å². The topological polar surface area (TPSA) is 43.4 Å². The van der Waals surface area contributed by atoms with Crippen molar-refractivity contribution in [2.75, 3.05) is 7.11 Å². The number of aryl methyl sites for hydroxylation is 1. The molecule has 0 bridgehead atoms. The van der Waals surface area contributed by atoms with E-state index in [1.165, 1.54) is 7.11 Å². The molecule has 0 N–H and O–H groups in total. The maximum absolute atomic E-state index is 13.1. The summed E-state index contributed by atoms with van der Waals surface area (Å²) >= 11 is 0. The summed E-state index contributed by atoms with van der Waals surface area (Å²) in [5, 5.41) is -1.08. The zero-order chi connectivity index (χ0) is 11.8. The van der Waals surface area contributed by atoms with E-state index in [1.54, 1.807) is 12.1 Å². The lowest BCUT2D eigenvalue weighted by molar-refractivity contribution is 0.0895. The molecule has 2 rings (SSSR count). The molecule has 5 heteroatoms. The van der Waals surface area contributed by atoms with Gasteiger partial charge in [0.25, 0.3) is 0 Å². The summed E-state index contributed by atoms with van der Waals surface area (Å²) in [7, 11) is -3.15. The van der Waals surface area contributed by atoms with Crippen LogP contribution < -0.4 is 0 Å². The molecule has 0 heterocycles. The first-order valence-corrected chi connectivity index (χ1v) is 6.53. The van der Waals surface area contributed by atoms with Crippen molar-refractivity contribution in [2.24, 2.45) is 0 Å². The second-order valence-electron chi connectivity index (χ2n) is 3.91. The van der Waals surface area contributed by atoms with Crippen LogP contribution in [0.1, 0.15) is 23.7 Å². The van der Waals surface area contributed by atoms with Crippen LogP contribution in [0.3, 0.4) is 0 Å². The Hall–Kier alpha value is -0.940. The fourth-order valence-corrected chi connectivity index (χ4v) is 3.21. The van der Waals surface area contributed by atoms with Crippen LogP contribution in [0.2, 0.25) is 0 Å². The lowest BCUT2D eigenvalue weighted by Crippen LogP contribution is -2.31. The molecule has 16 heavy (non-hydrogen) atoms. The van der Waals surface area contributed by atoms with E-state index in [0.29, 0.717) is 6.42 Å². The molecule has 2 atom stereocenters. The van der Waals surface area contributed by atoms with Gasteiger partial charge in [-0.3, -0.25) is 0 Å². The third-order valence-corrected chi connectivity index (χ3v) is 4.22. The van der Waals surface area contributed by atoms with Gasteiger partial charge in [0.05, 0.1) is 0 Å². The zero-order valence-corrected chi connectivity index (χ0v) is 9.71. The van der Waals surface area contributed by atoms with E-state index < -0.39 is 21.6 Å². The first kappa shape index (κ1) is 11.5. The van der Waals surface area contributed by atoms with Gasteiger partial charge in [0.15, 0.2) is 0 Å². The van der Waals surface area contributed by atoms with Crippen molar-refractivity contribution in [3.05, 3.63) is 35.4 Å². The van der Waals surface area contributed by atoms with E-state index in [-0.39, 0.29) is 6.42 Å². The molecule has 0 aromatic heterocycles. The average Bonchev–Trinajstić information content (AvgIpc) is 2.26. The molecular weight excluding hydrogens is 231 g/mol. The molecule has 1 aromatic rings. The van der Waals surface area contributed by atoms with Crippen LogP contribution in [-0.4, -0.2) is 20.8 Å². The van der Waals surface area contributed by atoms with Gasteiger partial charge in [-0.1, -0.05) is 24.3 Å². The van der Waals surface area contributed by atoms with Gasteiger partial charge >= 0.3 is 10.2 Å². The Morgan fingerprint density at radius 2 is 2.06 bits per heavy atom. The predicted octanol–water partition coefficient (Wildman–Crippen LogP) is 1.99.